The van der Waals surface area contributed by atoms with Crippen LogP contribution in [0.1, 0.15) is 56.7 Å². The summed E-state index contributed by atoms with van der Waals surface area (Å²) in [5, 5.41) is 13.4. The Balaban J connectivity index is 1.75. The third-order valence-electron chi connectivity index (χ3n) is 5.82. The zero-order chi connectivity index (χ0) is 17.8. The molecule has 0 saturated carbocycles. The van der Waals surface area contributed by atoms with Crippen molar-refractivity contribution in [3.05, 3.63) is 35.4 Å². The van der Waals surface area contributed by atoms with Crippen LogP contribution in [0.3, 0.4) is 0 Å². The number of aliphatic hydroxyl groups is 1. The molecule has 2 atom stereocenters. The van der Waals surface area contributed by atoms with E-state index in [0.717, 1.165) is 52.1 Å². The Hall–Kier alpha value is -0.940. The average Bonchev–Trinajstić information content (AvgIpc) is 2.61. The van der Waals surface area contributed by atoms with E-state index in [1.54, 1.807) is 0 Å². The van der Waals surface area contributed by atoms with Crippen molar-refractivity contribution in [1.82, 2.24) is 15.1 Å². The molecule has 25 heavy (non-hydrogen) atoms. The number of hydrogen-bond acceptors (Lipinski definition) is 4. The molecule has 1 aromatic carbocycles. The molecule has 0 radical (unpaired) electrons. The summed E-state index contributed by atoms with van der Waals surface area (Å²) in [6, 6.07) is 10.3. The number of rotatable bonds is 5. The van der Waals surface area contributed by atoms with Gasteiger partial charge in [0.1, 0.15) is 0 Å². The number of likely N-dealkylation sites (tertiary alicyclic amines) is 1. The molecule has 0 spiro atoms. The molecule has 2 fully saturated rings. The molecule has 1 aromatic rings. The predicted molar refractivity (Wildman–Crippen MR) is 104 cm³/mol. The van der Waals surface area contributed by atoms with Gasteiger partial charge >= 0.3 is 0 Å². The first-order chi connectivity index (χ1) is 12.0. The van der Waals surface area contributed by atoms with E-state index in [1.807, 2.05) is 0 Å². The minimum Gasteiger partial charge on any atom is -0.393 e. The Kier molecular flexibility index (Phi) is 6.50. The smallest absolute Gasteiger partial charge is 0.0564 e. The first-order valence-corrected chi connectivity index (χ1v) is 10.0. The summed E-state index contributed by atoms with van der Waals surface area (Å²) in [7, 11) is 0. The van der Waals surface area contributed by atoms with Gasteiger partial charge in [0.2, 0.25) is 0 Å². The number of benzene rings is 1. The van der Waals surface area contributed by atoms with E-state index in [1.165, 1.54) is 11.1 Å². The van der Waals surface area contributed by atoms with Crippen LogP contribution in [-0.2, 0) is 0 Å². The van der Waals surface area contributed by atoms with Crippen molar-refractivity contribution in [3.8, 4) is 0 Å². The van der Waals surface area contributed by atoms with E-state index in [9.17, 15) is 5.11 Å². The quantitative estimate of drug-likeness (QED) is 0.860. The van der Waals surface area contributed by atoms with Gasteiger partial charge in [0, 0.05) is 51.4 Å². The van der Waals surface area contributed by atoms with Gasteiger partial charge in [-0.1, -0.05) is 38.1 Å². The van der Waals surface area contributed by atoms with Crippen molar-refractivity contribution in [2.45, 2.75) is 57.7 Å². The topological polar surface area (TPSA) is 38.7 Å². The van der Waals surface area contributed by atoms with E-state index < -0.39 is 0 Å². The number of hydrogen-bond donors (Lipinski definition) is 2. The third kappa shape index (κ3) is 5.04. The fraction of sp³-hybridized carbons (Fsp3) is 0.714. The molecule has 140 valence electrons. The molecule has 0 amide bonds. The molecule has 0 aliphatic carbocycles. The van der Waals surface area contributed by atoms with Crippen molar-refractivity contribution >= 4 is 0 Å². The second-order valence-corrected chi connectivity index (χ2v) is 8.22. The van der Waals surface area contributed by atoms with E-state index in [2.05, 4.69) is 60.2 Å². The standard InChI is InChI=1S/C21H35N3O/c1-16(2)18-4-6-19(7-5-18)21(24-13-10-22-17(3)14-24)15-23-11-8-20(25)9-12-23/h4-7,16-17,20-22,25H,8-15H2,1-3H3. The molecule has 4 nitrogen and oxygen atoms in total. The predicted octanol–water partition coefficient (Wildman–Crippen LogP) is 2.60. The summed E-state index contributed by atoms with van der Waals surface area (Å²) in [5.74, 6) is 0.579. The Morgan fingerprint density at radius 1 is 1.08 bits per heavy atom. The Morgan fingerprint density at radius 3 is 2.32 bits per heavy atom. The van der Waals surface area contributed by atoms with Crippen molar-refractivity contribution in [2.24, 2.45) is 0 Å². The number of piperidine rings is 1. The lowest BCUT2D eigenvalue weighted by Crippen LogP contribution is -2.52. The Labute approximate surface area is 153 Å². The molecule has 2 heterocycles. The van der Waals surface area contributed by atoms with E-state index in [4.69, 9.17) is 0 Å². The molecule has 4 heteroatoms. The maximum Gasteiger partial charge on any atom is 0.0564 e. The van der Waals surface area contributed by atoms with E-state index in [-0.39, 0.29) is 6.10 Å². The lowest BCUT2D eigenvalue weighted by Gasteiger charge is -2.41. The molecule has 3 rings (SSSR count). The molecule has 0 aromatic heterocycles. The number of piperazine rings is 1. The fourth-order valence-electron chi connectivity index (χ4n) is 4.13. The second-order valence-electron chi connectivity index (χ2n) is 8.22. The van der Waals surface area contributed by atoms with Gasteiger partial charge in [-0.15, -0.1) is 0 Å². The summed E-state index contributed by atoms with van der Waals surface area (Å²) >= 11 is 0. The van der Waals surface area contributed by atoms with Crippen LogP contribution in [0.5, 0.6) is 0 Å². The summed E-state index contributed by atoms with van der Waals surface area (Å²) in [6.07, 6.45) is 1.73. The van der Waals surface area contributed by atoms with Crippen LogP contribution in [0.2, 0.25) is 0 Å². The summed E-state index contributed by atoms with van der Waals surface area (Å²) in [4.78, 5) is 5.19. The van der Waals surface area contributed by atoms with E-state index in [0.29, 0.717) is 18.0 Å². The largest absolute Gasteiger partial charge is 0.393 e. The highest BCUT2D eigenvalue weighted by Gasteiger charge is 2.28. The fourth-order valence-corrected chi connectivity index (χ4v) is 4.13. The SMILES string of the molecule is CC1CN(C(CN2CCC(O)CC2)c2ccc(C(C)C)cc2)CCN1. The van der Waals surface area contributed by atoms with Crippen molar-refractivity contribution in [2.75, 3.05) is 39.3 Å². The number of nitrogens with one attached hydrogen (secondary N) is 1. The second kappa shape index (κ2) is 8.63. The normalized spacial score (nSPS) is 25.4. The highest BCUT2D eigenvalue weighted by molar-refractivity contribution is 5.27. The van der Waals surface area contributed by atoms with Crippen LogP contribution < -0.4 is 5.32 Å². The van der Waals surface area contributed by atoms with Gasteiger partial charge in [-0.3, -0.25) is 4.90 Å². The van der Waals surface area contributed by atoms with Gasteiger partial charge in [0.25, 0.3) is 0 Å². The zero-order valence-electron chi connectivity index (χ0n) is 16.1. The molecule has 0 bridgehead atoms. The van der Waals surface area contributed by atoms with Gasteiger partial charge < -0.3 is 15.3 Å². The Bertz CT molecular complexity index is 522. The summed E-state index contributed by atoms with van der Waals surface area (Å²) in [6.45, 7) is 13.2. The first-order valence-electron chi connectivity index (χ1n) is 10.0. The lowest BCUT2D eigenvalue weighted by atomic mass is 9.96. The van der Waals surface area contributed by atoms with Crippen molar-refractivity contribution < 1.29 is 5.11 Å². The molecule has 2 aliphatic rings. The molecule has 2 saturated heterocycles. The van der Waals surface area contributed by atoms with Gasteiger partial charge in [-0.25, -0.2) is 0 Å². The molecule has 2 unspecified atom stereocenters. The van der Waals surface area contributed by atoms with Gasteiger partial charge in [-0.2, -0.15) is 0 Å². The van der Waals surface area contributed by atoms with Crippen LogP contribution in [0, 0.1) is 0 Å². The van der Waals surface area contributed by atoms with Crippen LogP contribution in [0.15, 0.2) is 24.3 Å². The summed E-state index contributed by atoms with van der Waals surface area (Å²) in [5.41, 5.74) is 2.85. The molecule has 2 aliphatic heterocycles. The minimum atomic E-state index is -0.0979. The molecular weight excluding hydrogens is 310 g/mol. The maximum absolute atomic E-state index is 9.80. The Morgan fingerprint density at radius 2 is 1.72 bits per heavy atom. The van der Waals surface area contributed by atoms with Gasteiger partial charge in [0.05, 0.1) is 6.10 Å². The number of nitrogens with zero attached hydrogens (tertiary/aromatic N) is 2. The van der Waals surface area contributed by atoms with Crippen LogP contribution in [0.4, 0.5) is 0 Å². The lowest BCUT2D eigenvalue weighted by molar-refractivity contribution is 0.0553. The maximum atomic E-state index is 9.80. The minimum absolute atomic E-state index is 0.0979. The zero-order valence-corrected chi connectivity index (χ0v) is 16.1. The monoisotopic (exact) mass is 345 g/mol. The van der Waals surface area contributed by atoms with Gasteiger partial charge in [0.15, 0.2) is 0 Å². The van der Waals surface area contributed by atoms with Gasteiger partial charge in [-0.05, 0) is 36.8 Å². The highest BCUT2D eigenvalue weighted by Crippen LogP contribution is 2.26. The van der Waals surface area contributed by atoms with Crippen molar-refractivity contribution in [3.63, 3.8) is 0 Å². The number of aliphatic hydroxyl groups excluding tert-OH is 1. The highest BCUT2D eigenvalue weighted by atomic mass is 16.3. The molecular formula is C21H35N3O. The van der Waals surface area contributed by atoms with Crippen LogP contribution >= 0.6 is 0 Å². The first kappa shape index (κ1) is 18.8. The van der Waals surface area contributed by atoms with Crippen LogP contribution in [0.25, 0.3) is 0 Å². The van der Waals surface area contributed by atoms with Crippen molar-refractivity contribution in [1.29, 1.82) is 0 Å². The van der Waals surface area contributed by atoms with Crippen LogP contribution in [-0.4, -0.2) is 66.3 Å². The summed E-state index contributed by atoms with van der Waals surface area (Å²) < 4.78 is 0. The average molecular weight is 346 g/mol. The van der Waals surface area contributed by atoms with E-state index >= 15 is 0 Å². The molecule has 2 N–H and O–H groups in total. The third-order valence-corrected chi connectivity index (χ3v) is 5.82.